The van der Waals surface area contributed by atoms with Crippen molar-refractivity contribution in [2.45, 2.75) is 32.5 Å². The Kier molecular flexibility index (Phi) is 4.83. The molecule has 0 amide bonds. The molecular weight excluding hydrogens is 278 g/mol. The van der Waals surface area contributed by atoms with Crippen LogP contribution in [0.25, 0.3) is 6.08 Å². The summed E-state index contributed by atoms with van der Waals surface area (Å²) < 4.78 is 5.19. The minimum Gasteiger partial charge on any atom is -0.460 e. The van der Waals surface area contributed by atoms with Crippen LogP contribution < -0.4 is 0 Å². The number of aromatic nitrogens is 1. The molecule has 4 heteroatoms. The summed E-state index contributed by atoms with van der Waals surface area (Å²) >= 11 is 0. The smallest absolute Gasteiger partial charge is 0.348 e. The summed E-state index contributed by atoms with van der Waals surface area (Å²) in [6.45, 7) is 5.50. The van der Waals surface area contributed by atoms with Crippen molar-refractivity contribution in [1.82, 2.24) is 4.98 Å². The second kappa shape index (κ2) is 6.62. The van der Waals surface area contributed by atoms with Gasteiger partial charge in [-0.15, -0.1) is 0 Å². The number of aliphatic hydroxyl groups is 1. The van der Waals surface area contributed by atoms with Crippen LogP contribution in [0.5, 0.6) is 0 Å². The first-order valence-electron chi connectivity index (χ1n) is 7.25. The standard InChI is InChI=1S/C18H21NO3/c1-13(2)22-17(20)18(21,16-5-4-12-19-16)11-10-15-8-6-14(3)7-9-15/h4-13,19,21H,1-3H3/b11-10+/t18-/m1/s1. The van der Waals surface area contributed by atoms with Gasteiger partial charge in [0.1, 0.15) is 0 Å². The number of H-pyrrole nitrogens is 1. The first kappa shape index (κ1) is 16.0. The van der Waals surface area contributed by atoms with Gasteiger partial charge in [-0.2, -0.15) is 0 Å². The summed E-state index contributed by atoms with van der Waals surface area (Å²) in [7, 11) is 0. The van der Waals surface area contributed by atoms with Crippen LogP contribution in [-0.4, -0.2) is 22.2 Å². The second-order valence-corrected chi connectivity index (χ2v) is 5.55. The molecule has 0 saturated carbocycles. The van der Waals surface area contributed by atoms with Gasteiger partial charge >= 0.3 is 5.97 Å². The van der Waals surface area contributed by atoms with Gasteiger partial charge in [0.2, 0.25) is 5.60 Å². The number of benzene rings is 1. The number of aromatic amines is 1. The Bertz CT molecular complexity index is 641. The zero-order valence-corrected chi connectivity index (χ0v) is 13.0. The van der Waals surface area contributed by atoms with Crippen molar-refractivity contribution in [2.24, 2.45) is 0 Å². The molecule has 0 bridgehead atoms. The predicted octanol–water partition coefficient (Wildman–Crippen LogP) is 3.18. The SMILES string of the molecule is Cc1ccc(/C=C/[C@](O)(C(=O)OC(C)C)c2ccc[nH]2)cc1. The van der Waals surface area contributed by atoms with Crippen LogP contribution in [0.1, 0.15) is 30.7 Å². The van der Waals surface area contributed by atoms with Crippen LogP contribution in [0.3, 0.4) is 0 Å². The molecule has 4 nitrogen and oxygen atoms in total. The van der Waals surface area contributed by atoms with Crippen molar-refractivity contribution < 1.29 is 14.6 Å². The van der Waals surface area contributed by atoms with Crippen LogP contribution in [0.15, 0.2) is 48.7 Å². The van der Waals surface area contributed by atoms with E-state index in [1.807, 2.05) is 31.2 Å². The quantitative estimate of drug-likeness (QED) is 0.834. The molecular formula is C18H21NO3. The van der Waals surface area contributed by atoms with Crippen molar-refractivity contribution in [3.05, 3.63) is 65.5 Å². The molecule has 0 fully saturated rings. The maximum atomic E-state index is 12.3. The number of esters is 1. The number of carbonyl (C=O) groups excluding carboxylic acids is 1. The van der Waals surface area contributed by atoms with Crippen LogP contribution in [0.2, 0.25) is 0 Å². The fraction of sp³-hybridized carbons (Fsp3) is 0.278. The third kappa shape index (κ3) is 3.65. The molecule has 0 saturated heterocycles. The maximum absolute atomic E-state index is 12.3. The van der Waals surface area contributed by atoms with E-state index >= 15 is 0 Å². The van der Waals surface area contributed by atoms with Crippen molar-refractivity contribution in [3.63, 3.8) is 0 Å². The lowest BCUT2D eigenvalue weighted by Crippen LogP contribution is -2.37. The molecule has 1 atom stereocenters. The monoisotopic (exact) mass is 299 g/mol. The average Bonchev–Trinajstić information content (AvgIpc) is 3.00. The van der Waals surface area contributed by atoms with Gasteiger partial charge in [0.05, 0.1) is 11.8 Å². The molecule has 1 aromatic carbocycles. The minimum atomic E-state index is -1.83. The Balaban J connectivity index is 2.32. The van der Waals surface area contributed by atoms with E-state index in [9.17, 15) is 9.90 Å². The van der Waals surface area contributed by atoms with Gasteiger partial charge in [0.15, 0.2) is 0 Å². The zero-order valence-electron chi connectivity index (χ0n) is 13.0. The Morgan fingerprint density at radius 1 is 1.27 bits per heavy atom. The van der Waals surface area contributed by atoms with E-state index in [4.69, 9.17) is 4.74 Å². The van der Waals surface area contributed by atoms with Gasteiger partial charge in [-0.3, -0.25) is 0 Å². The van der Waals surface area contributed by atoms with E-state index in [0.717, 1.165) is 11.1 Å². The lowest BCUT2D eigenvalue weighted by Gasteiger charge is -2.23. The van der Waals surface area contributed by atoms with Gasteiger partial charge < -0.3 is 14.8 Å². The molecule has 1 aromatic heterocycles. The van der Waals surface area contributed by atoms with Gasteiger partial charge in [-0.25, -0.2) is 4.79 Å². The average molecular weight is 299 g/mol. The van der Waals surface area contributed by atoms with Gasteiger partial charge in [0.25, 0.3) is 0 Å². The molecule has 0 aliphatic heterocycles. The van der Waals surface area contributed by atoms with Gasteiger partial charge in [-0.1, -0.05) is 35.9 Å². The minimum absolute atomic E-state index is 0.304. The Morgan fingerprint density at radius 3 is 2.50 bits per heavy atom. The first-order valence-corrected chi connectivity index (χ1v) is 7.25. The molecule has 1 heterocycles. The summed E-state index contributed by atoms with van der Waals surface area (Å²) in [6.07, 6.45) is 4.51. The highest BCUT2D eigenvalue weighted by Gasteiger charge is 2.38. The number of hydrogen-bond acceptors (Lipinski definition) is 3. The van der Waals surface area contributed by atoms with E-state index in [2.05, 4.69) is 4.98 Å². The summed E-state index contributed by atoms with van der Waals surface area (Å²) in [5.41, 5.74) is 0.587. The highest BCUT2D eigenvalue weighted by atomic mass is 16.6. The molecule has 0 aliphatic carbocycles. The molecule has 0 radical (unpaired) electrons. The van der Waals surface area contributed by atoms with Crippen LogP contribution in [0.4, 0.5) is 0 Å². The third-order valence-electron chi connectivity index (χ3n) is 3.26. The zero-order chi connectivity index (χ0) is 16.2. The lowest BCUT2D eigenvalue weighted by atomic mass is 9.98. The highest BCUT2D eigenvalue weighted by Crippen LogP contribution is 2.25. The molecule has 116 valence electrons. The van der Waals surface area contributed by atoms with E-state index in [1.165, 1.54) is 6.08 Å². The second-order valence-electron chi connectivity index (χ2n) is 5.55. The van der Waals surface area contributed by atoms with E-state index < -0.39 is 11.6 Å². The number of hydrogen-bond donors (Lipinski definition) is 2. The van der Waals surface area contributed by atoms with Crippen molar-refractivity contribution in [2.75, 3.05) is 0 Å². The molecule has 22 heavy (non-hydrogen) atoms. The lowest BCUT2D eigenvalue weighted by molar-refractivity contribution is -0.165. The van der Waals surface area contributed by atoms with Crippen LogP contribution >= 0.6 is 0 Å². The van der Waals surface area contributed by atoms with Crippen molar-refractivity contribution in [3.8, 4) is 0 Å². The predicted molar refractivity (Wildman–Crippen MR) is 86.1 cm³/mol. The van der Waals surface area contributed by atoms with E-state index in [1.54, 1.807) is 38.3 Å². The fourth-order valence-corrected chi connectivity index (χ4v) is 2.03. The van der Waals surface area contributed by atoms with Gasteiger partial charge in [-0.05, 0) is 44.5 Å². The molecule has 2 N–H and O–H groups in total. The largest absolute Gasteiger partial charge is 0.460 e. The topological polar surface area (TPSA) is 62.3 Å². The third-order valence-corrected chi connectivity index (χ3v) is 3.26. The molecule has 0 aliphatic rings. The highest BCUT2D eigenvalue weighted by molar-refractivity contribution is 5.84. The molecule has 2 aromatic rings. The Morgan fingerprint density at radius 2 is 1.95 bits per heavy atom. The van der Waals surface area contributed by atoms with E-state index in [-0.39, 0.29) is 6.10 Å². The summed E-state index contributed by atoms with van der Waals surface area (Å²) in [6, 6.07) is 11.2. The molecule has 0 spiro atoms. The number of carbonyl (C=O) groups is 1. The number of aryl methyl sites for hydroxylation is 1. The molecule has 2 rings (SSSR count). The van der Waals surface area contributed by atoms with Crippen molar-refractivity contribution in [1.29, 1.82) is 0 Å². The van der Waals surface area contributed by atoms with Gasteiger partial charge in [0, 0.05) is 6.20 Å². The number of nitrogens with one attached hydrogen (secondary N) is 1. The maximum Gasteiger partial charge on any atom is 0.348 e. The fourth-order valence-electron chi connectivity index (χ4n) is 2.03. The van der Waals surface area contributed by atoms with Crippen LogP contribution in [-0.2, 0) is 15.1 Å². The first-order chi connectivity index (χ1) is 10.4. The van der Waals surface area contributed by atoms with E-state index in [0.29, 0.717) is 5.69 Å². The van der Waals surface area contributed by atoms with Crippen LogP contribution in [0, 0.1) is 6.92 Å². The summed E-state index contributed by atoms with van der Waals surface area (Å²) in [4.78, 5) is 15.2. The molecule has 0 unspecified atom stereocenters. The Labute approximate surface area is 130 Å². The Hall–Kier alpha value is -2.33. The number of ether oxygens (including phenoxy) is 1. The summed E-state index contributed by atoms with van der Waals surface area (Å²) in [5.74, 6) is -0.701. The number of rotatable bonds is 5. The normalized spacial score (nSPS) is 14.2. The van der Waals surface area contributed by atoms with Crippen molar-refractivity contribution >= 4 is 12.0 Å². The summed E-state index contributed by atoms with van der Waals surface area (Å²) in [5, 5.41) is 10.8.